The maximum atomic E-state index is 12.4. The van der Waals surface area contributed by atoms with Crippen LogP contribution in [0.5, 0.6) is 11.5 Å². The largest absolute Gasteiger partial charge is 0.486 e. The molecule has 2 aliphatic rings. The number of anilines is 2. The van der Waals surface area contributed by atoms with Crippen molar-refractivity contribution in [3.8, 4) is 11.5 Å². The van der Waals surface area contributed by atoms with Crippen LogP contribution in [0.15, 0.2) is 36.5 Å². The standard InChI is InChI=1S/C20H24N4O4/c25-20(22-5-6-24-7-9-26-10-8-24)15-3-4-21-19(13-15)23-16-1-2-17-18(14-16)28-12-11-27-17/h1-4,13-14H,5-12H2,(H,21,23)(H,22,25). The zero-order chi connectivity index (χ0) is 19.2. The lowest BCUT2D eigenvalue weighted by atomic mass is 10.2. The van der Waals surface area contributed by atoms with Crippen molar-refractivity contribution in [1.82, 2.24) is 15.2 Å². The molecule has 2 aromatic rings. The fourth-order valence-corrected chi connectivity index (χ4v) is 3.16. The highest BCUT2D eigenvalue weighted by Gasteiger charge is 2.13. The highest BCUT2D eigenvalue weighted by molar-refractivity contribution is 5.94. The number of nitrogens with zero attached hydrogens (tertiary/aromatic N) is 2. The number of benzene rings is 1. The molecule has 1 aromatic heterocycles. The van der Waals surface area contributed by atoms with E-state index in [0.29, 0.717) is 36.9 Å². The smallest absolute Gasteiger partial charge is 0.251 e. The van der Waals surface area contributed by atoms with Gasteiger partial charge in [-0.3, -0.25) is 9.69 Å². The van der Waals surface area contributed by atoms with Gasteiger partial charge in [-0.1, -0.05) is 0 Å². The Labute approximate surface area is 163 Å². The van der Waals surface area contributed by atoms with Crippen LogP contribution in [0.2, 0.25) is 0 Å². The second kappa shape index (κ2) is 8.90. The molecule has 2 N–H and O–H groups in total. The topological polar surface area (TPSA) is 85.0 Å². The number of pyridine rings is 1. The maximum Gasteiger partial charge on any atom is 0.251 e. The summed E-state index contributed by atoms with van der Waals surface area (Å²) in [4.78, 5) is 19.0. The van der Waals surface area contributed by atoms with Crippen LogP contribution >= 0.6 is 0 Å². The van der Waals surface area contributed by atoms with Crippen molar-refractivity contribution in [3.63, 3.8) is 0 Å². The number of hydrogen-bond donors (Lipinski definition) is 2. The Morgan fingerprint density at radius 1 is 1.04 bits per heavy atom. The number of nitrogens with one attached hydrogen (secondary N) is 2. The number of ether oxygens (including phenoxy) is 3. The number of aromatic nitrogens is 1. The fraction of sp³-hybridized carbons (Fsp3) is 0.400. The molecule has 1 amide bonds. The lowest BCUT2D eigenvalue weighted by molar-refractivity contribution is 0.0383. The zero-order valence-corrected chi connectivity index (χ0v) is 15.6. The lowest BCUT2D eigenvalue weighted by Crippen LogP contribution is -2.41. The predicted molar refractivity (Wildman–Crippen MR) is 105 cm³/mol. The number of carbonyl (C=O) groups is 1. The van der Waals surface area contributed by atoms with E-state index in [1.54, 1.807) is 18.3 Å². The molecule has 1 saturated heterocycles. The minimum atomic E-state index is -0.110. The highest BCUT2D eigenvalue weighted by atomic mass is 16.6. The van der Waals surface area contributed by atoms with E-state index >= 15 is 0 Å². The van der Waals surface area contributed by atoms with Gasteiger partial charge in [0.05, 0.1) is 13.2 Å². The lowest BCUT2D eigenvalue weighted by Gasteiger charge is -2.26. The van der Waals surface area contributed by atoms with E-state index < -0.39 is 0 Å². The molecule has 0 radical (unpaired) electrons. The predicted octanol–water partition coefficient (Wildman–Crippen LogP) is 1.66. The summed E-state index contributed by atoms with van der Waals surface area (Å²) in [5, 5.41) is 6.17. The third kappa shape index (κ3) is 4.71. The van der Waals surface area contributed by atoms with Crippen LogP contribution in [0.3, 0.4) is 0 Å². The van der Waals surface area contributed by atoms with E-state index in [1.807, 2.05) is 18.2 Å². The number of amides is 1. The molecule has 0 aliphatic carbocycles. The van der Waals surface area contributed by atoms with E-state index in [-0.39, 0.29) is 5.91 Å². The molecular formula is C20H24N4O4. The van der Waals surface area contributed by atoms with Gasteiger partial charge in [-0.25, -0.2) is 4.98 Å². The van der Waals surface area contributed by atoms with Crippen molar-refractivity contribution in [2.75, 3.05) is 57.9 Å². The normalized spacial score (nSPS) is 16.4. The van der Waals surface area contributed by atoms with Crippen LogP contribution in [0.25, 0.3) is 0 Å². The zero-order valence-electron chi connectivity index (χ0n) is 15.6. The fourth-order valence-electron chi connectivity index (χ4n) is 3.16. The highest BCUT2D eigenvalue weighted by Crippen LogP contribution is 2.33. The van der Waals surface area contributed by atoms with Crippen LogP contribution in [0.1, 0.15) is 10.4 Å². The first-order valence-electron chi connectivity index (χ1n) is 9.49. The van der Waals surface area contributed by atoms with Gasteiger partial charge in [0.1, 0.15) is 19.0 Å². The first kappa shape index (κ1) is 18.5. The Balaban J connectivity index is 1.34. The van der Waals surface area contributed by atoms with Crippen LogP contribution in [0.4, 0.5) is 11.5 Å². The Morgan fingerprint density at radius 3 is 2.71 bits per heavy atom. The Bertz CT molecular complexity index is 824. The van der Waals surface area contributed by atoms with E-state index in [9.17, 15) is 4.79 Å². The van der Waals surface area contributed by atoms with Crippen LogP contribution in [-0.2, 0) is 4.74 Å². The third-order valence-electron chi connectivity index (χ3n) is 4.65. The van der Waals surface area contributed by atoms with Gasteiger partial charge in [0.2, 0.25) is 0 Å². The van der Waals surface area contributed by atoms with Crippen molar-refractivity contribution in [3.05, 3.63) is 42.1 Å². The van der Waals surface area contributed by atoms with E-state index in [0.717, 1.165) is 44.3 Å². The van der Waals surface area contributed by atoms with Gasteiger partial charge in [-0.05, 0) is 24.3 Å². The summed E-state index contributed by atoms with van der Waals surface area (Å²) in [5.74, 6) is 1.92. The molecule has 1 aromatic carbocycles. The first-order valence-corrected chi connectivity index (χ1v) is 9.49. The average Bonchev–Trinajstić information content (AvgIpc) is 2.74. The molecule has 2 aliphatic heterocycles. The van der Waals surface area contributed by atoms with Crippen molar-refractivity contribution in [2.45, 2.75) is 0 Å². The second-order valence-corrected chi connectivity index (χ2v) is 6.62. The summed E-state index contributed by atoms with van der Waals surface area (Å²) in [7, 11) is 0. The van der Waals surface area contributed by atoms with Gasteiger partial charge in [0, 0.05) is 49.7 Å². The number of morpholine rings is 1. The van der Waals surface area contributed by atoms with E-state index in [2.05, 4.69) is 20.5 Å². The van der Waals surface area contributed by atoms with Gasteiger partial charge in [-0.2, -0.15) is 0 Å². The summed E-state index contributed by atoms with van der Waals surface area (Å²) in [5.41, 5.74) is 1.39. The molecule has 0 saturated carbocycles. The SMILES string of the molecule is O=C(NCCN1CCOCC1)c1ccnc(Nc2ccc3c(c2)OCCO3)c1. The average molecular weight is 384 g/mol. The molecule has 0 unspecified atom stereocenters. The van der Waals surface area contributed by atoms with Crippen LogP contribution in [-0.4, -0.2) is 68.4 Å². The molecule has 0 atom stereocenters. The minimum Gasteiger partial charge on any atom is -0.486 e. The van der Waals surface area contributed by atoms with Crippen molar-refractivity contribution in [2.24, 2.45) is 0 Å². The van der Waals surface area contributed by atoms with Crippen molar-refractivity contribution < 1.29 is 19.0 Å². The third-order valence-corrected chi connectivity index (χ3v) is 4.65. The molecule has 148 valence electrons. The van der Waals surface area contributed by atoms with Crippen LogP contribution in [0, 0.1) is 0 Å². The van der Waals surface area contributed by atoms with Gasteiger partial charge in [0.15, 0.2) is 11.5 Å². The van der Waals surface area contributed by atoms with E-state index in [1.165, 1.54) is 0 Å². The van der Waals surface area contributed by atoms with Crippen molar-refractivity contribution >= 4 is 17.4 Å². The van der Waals surface area contributed by atoms with Gasteiger partial charge < -0.3 is 24.8 Å². The number of fused-ring (bicyclic) bond motifs is 1. The maximum absolute atomic E-state index is 12.4. The molecule has 4 rings (SSSR count). The Morgan fingerprint density at radius 2 is 1.86 bits per heavy atom. The molecule has 3 heterocycles. The molecule has 0 spiro atoms. The monoisotopic (exact) mass is 384 g/mol. The summed E-state index contributed by atoms with van der Waals surface area (Å²) < 4.78 is 16.5. The molecular weight excluding hydrogens is 360 g/mol. The Hall–Kier alpha value is -2.84. The van der Waals surface area contributed by atoms with Crippen LogP contribution < -0.4 is 20.1 Å². The first-order chi connectivity index (χ1) is 13.8. The van der Waals surface area contributed by atoms with Gasteiger partial charge in [-0.15, -0.1) is 0 Å². The Kier molecular flexibility index (Phi) is 5.89. The quantitative estimate of drug-likeness (QED) is 0.783. The molecule has 0 bridgehead atoms. The second-order valence-electron chi connectivity index (χ2n) is 6.62. The number of carbonyl (C=O) groups excluding carboxylic acids is 1. The van der Waals surface area contributed by atoms with Crippen molar-refractivity contribution in [1.29, 1.82) is 0 Å². The summed E-state index contributed by atoms with van der Waals surface area (Å²) in [6.45, 7) is 5.86. The molecule has 8 heteroatoms. The van der Waals surface area contributed by atoms with Gasteiger partial charge in [0.25, 0.3) is 5.91 Å². The molecule has 8 nitrogen and oxygen atoms in total. The summed E-state index contributed by atoms with van der Waals surface area (Å²) in [6, 6.07) is 9.06. The number of hydrogen-bond acceptors (Lipinski definition) is 7. The van der Waals surface area contributed by atoms with E-state index in [4.69, 9.17) is 14.2 Å². The molecule has 28 heavy (non-hydrogen) atoms. The molecule has 1 fully saturated rings. The van der Waals surface area contributed by atoms with Gasteiger partial charge >= 0.3 is 0 Å². The minimum absolute atomic E-state index is 0.110. The summed E-state index contributed by atoms with van der Waals surface area (Å²) in [6.07, 6.45) is 1.62. The number of rotatable bonds is 6. The summed E-state index contributed by atoms with van der Waals surface area (Å²) >= 11 is 0.